The van der Waals surface area contributed by atoms with Crippen molar-refractivity contribution in [3.05, 3.63) is 83.4 Å². The maximum atomic E-state index is 13.2. The molecule has 32 heavy (non-hydrogen) atoms. The van der Waals surface area contributed by atoms with Gasteiger partial charge in [-0.15, -0.1) is 0 Å². The number of fused-ring (bicyclic) bond motifs is 1. The van der Waals surface area contributed by atoms with Crippen LogP contribution in [0.1, 0.15) is 49.3 Å². The second-order valence-corrected chi connectivity index (χ2v) is 8.65. The maximum absolute atomic E-state index is 13.2. The van der Waals surface area contributed by atoms with Gasteiger partial charge in [0, 0.05) is 11.6 Å². The van der Waals surface area contributed by atoms with E-state index >= 15 is 0 Å². The summed E-state index contributed by atoms with van der Waals surface area (Å²) in [6.45, 7) is 0. The van der Waals surface area contributed by atoms with Gasteiger partial charge < -0.3 is 15.1 Å². The number of phenolic OH excluding ortho intramolecular Hbond substituents is 1. The zero-order valence-electron chi connectivity index (χ0n) is 17.7. The van der Waals surface area contributed by atoms with Gasteiger partial charge in [-0.05, 0) is 47.4 Å². The largest absolute Gasteiger partial charge is 0.508 e. The van der Waals surface area contributed by atoms with Gasteiger partial charge in [-0.25, -0.2) is 0 Å². The molecule has 1 unspecified atom stereocenters. The van der Waals surface area contributed by atoms with Crippen molar-refractivity contribution in [2.24, 2.45) is 0 Å². The molecule has 1 saturated carbocycles. The molecule has 1 aliphatic heterocycles. The summed E-state index contributed by atoms with van der Waals surface area (Å²) in [5.41, 5.74) is 1.32. The predicted molar refractivity (Wildman–Crippen MR) is 123 cm³/mol. The molecule has 5 rings (SSSR count). The molecule has 0 bridgehead atoms. The number of benzene rings is 3. The quantitative estimate of drug-likeness (QED) is 0.338. The van der Waals surface area contributed by atoms with Crippen molar-refractivity contribution in [2.45, 2.75) is 44.2 Å². The first kappa shape index (κ1) is 20.3. The summed E-state index contributed by atoms with van der Waals surface area (Å²) in [7, 11) is 0. The molecule has 162 valence electrons. The van der Waals surface area contributed by atoms with E-state index in [4.69, 9.17) is 0 Å². The Balaban J connectivity index is 1.67. The zero-order chi connectivity index (χ0) is 22.2. The van der Waals surface area contributed by atoms with E-state index in [2.05, 4.69) is 0 Å². The van der Waals surface area contributed by atoms with Crippen LogP contribution in [0.25, 0.3) is 16.5 Å². The summed E-state index contributed by atoms with van der Waals surface area (Å²) in [5.74, 6) is -1.26. The third-order valence-corrected chi connectivity index (χ3v) is 6.68. The Morgan fingerprint density at radius 1 is 0.844 bits per heavy atom. The first-order valence-corrected chi connectivity index (χ1v) is 11.1. The van der Waals surface area contributed by atoms with Crippen LogP contribution >= 0.6 is 0 Å². The summed E-state index contributed by atoms with van der Waals surface area (Å²) >= 11 is 0. The monoisotopic (exact) mass is 427 g/mol. The second-order valence-electron chi connectivity index (χ2n) is 8.65. The van der Waals surface area contributed by atoms with Gasteiger partial charge in [0.15, 0.2) is 0 Å². The minimum absolute atomic E-state index is 0.0408. The highest BCUT2D eigenvalue weighted by molar-refractivity contribution is 6.46. The highest BCUT2D eigenvalue weighted by atomic mass is 16.3. The van der Waals surface area contributed by atoms with Gasteiger partial charge in [0.2, 0.25) is 0 Å². The fourth-order valence-electron chi connectivity index (χ4n) is 5.06. The Morgan fingerprint density at radius 2 is 1.53 bits per heavy atom. The van der Waals surface area contributed by atoms with Crippen molar-refractivity contribution in [1.29, 1.82) is 0 Å². The Hall–Kier alpha value is -3.60. The van der Waals surface area contributed by atoms with Gasteiger partial charge in [-0.3, -0.25) is 9.59 Å². The molecule has 0 radical (unpaired) electrons. The van der Waals surface area contributed by atoms with E-state index < -0.39 is 17.7 Å². The van der Waals surface area contributed by atoms with Gasteiger partial charge in [0.25, 0.3) is 11.7 Å². The van der Waals surface area contributed by atoms with E-state index in [9.17, 15) is 19.8 Å². The molecule has 1 heterocycles. The minimum Gasteiger partial charge on any atom is -0.508 e. The molecule has 2 aliphatic rings. The van der Waals surface area contributed by atoms with E-state index in [-0.39, 0.29) is 23.1 Å². The molecule has 3 aromatic rings. The predicted octanol–water partition coefficient (Wildman–Crippen LogP) is 5.30. The van der Waals surface area contributed by atoms with Crippen LogP contribution in [0.15, 0.2) is 72.3 Å². The third kappa shape index (κ3) is 3.44. The molecule has 3 aromatic carbocycles. The fraction of sp³-hybridized carbons (Fsp3) is 0.259. The molecule has 0 spiro atoms. The number of phenols is 1. The molecule has 2 N–H and O–H groups in total. The number of rotatable bonds is 3. The number of hydrogen-bond acceptors (Lipinski definition) is 4. The van der Waals surface area contributed by atoms with Crippen molar-refractivity contribution in [3.8, 4) is 5.75 Å². The number of carbonyl (C=O) groups is 2. The molecule has 5 heteroatoms. The lowest BCUT2D eigenvalue weighted by molar-refractivity contribution is -0.141. The lowest BCUT2D eigenvalue weighted by atomic mass is 9.90. The van der Waals surface area contributed by atoms with E-state index in [1.165, 1.54) is 0 Å². The summed E-state index contributed by atoms with van der Waals surface area (Å²) in [4.78, 5) is 28.1. The molecule has 1 amide bonds. The molecule has 0 aromatic heterocycles. The van der Waals surface area contributed by atoms with Crippen molar-refractivity contribution >= 4 is 28.2 Å². The topological polar surface area (TPSA) is 77.8 Å². The van der Waals surface area contributed by atoms with E-state index in [0.717, 1.165) is 42.9 Å². The highest BCUT2D eigenvalue weighted by Crippen LogP contribution is 2.43. The number of likely N-dealkylation sites (tertiary alicyclic amines) is 1. The standard InChI is InChI=1S/C27H25NO4/c29-22-14-12-18(13-15-22)24-23(26(31)27(32)28(24)21-8-2-1-3-9-21)25(30)20-11-10-17-6-4-5-7-19(17)16-20/h4-7,10-16,21,24,29-30H,1-3,8-9H2/b25-23-. The van der Waals surface area contributed by atoms with Crippen LogP contribution in [0.4, 0.5) is 0 Å². The third-order valence-electron chi connectivity index (χ3n) is 6.68. The first-order valence-electron chi connectivity index (χ1n) is 11.1. The van der Waals surface area contributed by atoms with Gasteiger partial charge in [-0.2, -0.15) is 0 Å². The SMILES string of the molecule is O=C1C(=O)N(C2CCCCC2)C(c2ccc(O)cc2)/C1=C(/O)c1ccc2ccccc2c1. The zero-order valence-corrected chi connectivity index (χ0v) is 17.7. The minimum atomic E-state index is -0.676. The lowest BCUT2D eigenvalue weighted by Gasteiger charge is -2.35. The number of aromatic hydroxyl groups is 1. The van der Waals surface area contributed by atoms with Crippen LogP contribution in [0.5, 0.6) is 5.75 Å². The average molecular weight is 428 g/mol. The second kappa shape index (κ2) is 8.15. The molecular formula is C27H25NO4. The molecule has 5 nitrogen and oxygen atoms in total. The van der Waals surface area contributed by atoms with Gasteiger partial charge in [0.05, 0.1) is 11.6 Å². The van der Waals surface area contributed by atoms with E-state index in [1.807, 2.05) is 36.4 Å². The Labute approximate surface area is 186 Å². The summed E-state index contributed by atoms with van der Waals surface area (Å²) < 4.78 is 0. The van der Waals surface area contributed by atoms with Crippen LogP contribution in [0.2, 0.25) is 0 Å². The number of Topliss-reactive ketones (excluding diaryl/α,β-unsaturated/α-hetero) is 1. The summed E-state index contributed by atoms with van der Waals surface area (Å²) in [6, 6.07) is 19.1. The van der Waals surface area contributed by atoms with Crippen molar-refractivity contribution < 1.29 is 19.8 Å². The molecule has 1 aliphatic carbocycles. The number of hydrogen-bond donors (Lipinski definition) is 2. The van der Waals surface area contributed by atoms with Crippen molar-refractivity contribution in [1.82, 2.24) is 4.90 Å². The summed E-state index contributed by atoms with van der Waals surface area (Å²) in [5, 5.41) is 23.0. The van der Waals surface area contributed by atoms with Gasteiger partial charge in [-0.1, -0.05) is 67.8 Å². The van der Waals surface area contributed by atoms with Crippen molar-refractivity contribution in [2.75, 3.05) is 0 Å². The van der Waals surface area contributed by atoms with Crippen LogP contribution < -0.4 is 0 Å². The number of carbonyl (C=O) groups excluding carboxylic acids is 2. The van der Waals surface area contributed by atoms with E-state index in [0.29, 0.717) is 11.1 Å². The van der Waals surface area contributed by atoms with Gasteiger partial charge in [0.1, 0.15) is 11.5 Å². The Bertz CT molecular complexity index is 1220. The average Bonchev–Trinajstić information content (AvgIpc) is 3.09. The lowest BCUT2D eigenvalue weighted by Crippen LogP contribution is -2.40. The van der Waals surface area contributed by atoms with Crippen LogP contribution in [0, 0.1) is 0 Å². The molecule has 1 saturated heterocycles. The smallest absolute Gasteiger partial charge is 0.295 e. The van der Waals surface area contributed by atoms with Crippen LogP contribution in [-0.4, -0.2) is 32.8 Å². The summed E-state index contributed by atoms with van der Waals surface area (Å²) in [6.07, 6.45) is 4.85. The normalized spacial score (nSPS) is 21.4. The molecule has 1 atom stereocenters. The molecule has 2 fully saturated rings. The number of amides is 1. The molecular weight excluding hydrogens is 402 g/mol. The number of aliphatic hydroxyl groups is 1. The number of nitrogens with zero attached hydrogens (tertiary/aromatic N) is 1. The van der Waals surface area contributed by atoms with E-state index in [1.54, 1.807) is 35.2 Å². The first-order chi connectivity index (χ1) is 15.5. The number of aliphatic hydroxyl groups excluding tert-OH is 1. The van der Waals surface area contributed by atoms with Gasteiger partial charge >= 0.3 is 0 Å². The van der Waals surface area contributed by atoms with Crippen molar-refractivity contribution in [3.63, 3.8) is 0 Å². The maximum Gasteiger partial charge on any atom is 0.295 e. The van der Waals surface area contributed by atoms with Crippen LogP contribution in [0.3, 0.4) is 0 Å². The Kier molecular flexibility index (Phi) is 5.17. The number of ketones is 1. The Morgan fingerprint density at radius 3 is 2.25 bits per heavy atom. The van der Waals surface area contributed by atoms with Crippen LogP contribution in [-0.2, 0) is 9.59 Å². The highest BCUT2D eigenvalue weighted by Gasteiger charge is 2.48. The fourth-order valence-corrected chi connectivity index (χ4v) is 5.06.